The first-order valence-corrected chi connectivity index (χ1v) is 8.72. The lowest BCUT2D eigenvalue weighted by Gasteiger charge is -2.25. The lowest BCUT2D eigenvalue weighted by molar-refractivity contribution is -0.144. The summed E-state index contributed by atoms with van der Waals surface area (Å²) in [4.78, 5) is 34.9. The van der Waals surface area contributed by atoms with E-state index in [1.165, 1.54) is 0 Å². The fourth-order valence-corrected chi connectivity index (χ4v) is 3.09. The van der Waals surface area contributed by atoms with Crippen molar-refractivity contribution < 1.29 is 19.5 Å². The molecule has 24 heavy (non-hydrogen) atoms. The number of aryl methyl sites for hydroxylation is 1. The minimum Gasteiger partial charge on any atom is -0.481 e. The second-order valence-electron chi connectivity index (χ2n) is 6.12. The van der Waals surface area contributed by atoms with Gasteiger partial charge in [0, 0.05) is 16.1 Å². The average molecular weight is 397 g/mol. The second kappa shape index (κ2) is 8.28. The van der Waals surface area contributed by atoms with E-state index >= 15 is 0 Å². The lowest BCUT2D eigenvalue weighted by atomic mass is 9.81. The summed E-state index contributed by atoms with van der Waals surface area (Å²) in [6.07, 6.45) is 2.13. The average Bonchev–Trinajstić information content (AvgIpc) is 2.56. The maximum absolute atomic E-state index is 12.1. The fourth-order valence-electron chi connectivity index (χ4n) is 2.84. The molecule has 1 aliphatic rings. The molecule has 1 fully saturated rings. The van der Waals surface area contributed by atoms with Crippen molar-refractivity contribution in [2.24, 2.45) is 11.8 Å². The van der Waals surface area contributed by atoms with E-state index in [1.807, 2.05) is 19.1 Å². The standard InChI is InChI=1S/C17H21BrN2O4/c1-10-8-13(6-7-14(10)18)20-15(21)9-19-16(22)11-2-4-12(5-3-11)17(23)24/h6-8,11-12H,2-5,9H2,1H3,(H,19,22)(H,20,21)(H,23,24). The second-order valence-corrected chi connectivity index (χ2v) is 6.97. The molecule has 0 atom stereocenters. The molecule has 0 unspecified atom stereocenters. The molecule has 1 saturated carbocycles. The van der Waals surface area contributed by atoms with Gasteiger partial charge in [0.1, 0.15) is 0 Å². The molecule has 0 spiro atoms. The van der Waals surface area contributed by atoms with E-state index in [0.717, 1.165) is 10.0 Å². The minimum absolute atomic E-state index is 0.0905. The predicted octanol–water partition coefficient (Wildman–Crippen LogP) is 2.70. The van der Waals surface area contributed by atoms with Crippen LogP contribution in [0.4, 0.5) is 5.69 Å². The number of amides is 2. The van der Waals surface area contributed by atoms with Crippen LogP contribution in [-0.2, 0) is 14.4 Å². The number of nitrogens with one attached hydrogen (secondary N) is 2. The van der Waals surface area contributed by atoms with Gasteiger partial charge in [0.05, 0.1) is 12.5 Å². The van der Waals surface area contributed by atoms with E-state index in [9.17, 15) is 14.4 Å². The number of carboxylic acids is 1. The molecule has 3 N–H and O–H groups in total. The third-order valence-electron chi connectivity index (χ3n) is 4.31. The summed E-state index contributed by atoms with van der Waals surface area (Å²) in [6, 6.07) is 5.48. The van der Waals surface area contributed by atoms with Crippen LogP contribution in [-0.4, -0.2) is 29.4 Å². The van der Waals surface area contributed by atoms with Crippen molar-refractivity contribution in [3.8, 4) is 0 Å². The molecule has 0 bridgehead atoms. The molecule has 7 heteroatoms. The largest absolute Gasteiger partial charge is 0.481 e. The fraction of sp³-hybridized carbons (Fsp3) is 0.471. The van der Waals surface area contributed by atoms with Gasteiger partial charge in [-0.1, -0.05) is 15.9 Å². The van der Waals surface area contributed by atoms with E-state index in [-0.39, 0.29) is 30.2 Å². The number of hydrogen-bond acceptors (Lipinski definition) is 3. The molecule has 0 aromatic heterocycles. The van der Waals surface area contributed by atoms with Crippen LogP contribution in [0.15, 0.2) is 22.7 Å². The zero-order chi connectivity index (χ0) is 17.7. The molecule has 1 aromatic rings. The Morgan fingerprint density at radius 3 is 2.38 bits per heavy atom. The number of carbonyl (C=O) groups excluding carboxylic acids is 2. The van der Waals surface area contributed by atoms with E-state index in [0.29, 0.717) is 31.4 Å². The van der Waals surface area contributed by atoms with Gasteiger partial charge in [-0.15, -0.1) is 0 Å². The summed E-state index contributed by atoms with van der Waals surface area (Å²) in [5, 5.41) is 14.3. The Balaban J connectivity index is 1.76. The Hall–Kier alpha value is -1.89. The maximum atomic E-state index is 12.1. The Morgan fingerprint density at radius 1 is 1.17 bits per heavy atom. The van der Waals surface area contributed by atoms with Crippen LogP contribution >= 0.6 is 15.9 Å². The van der Waals surface area contributed by atoms with Gasteiger partial charge < -0.3 is 15.7 Å². The Morgan fingerprint density at radius 2 is 1.79 bits per heavy atom. The van der Waals surface area contributed by atoms with E-state index in [2.05, 4.69) is 26.6 Å². The smallest absolute Gasteiger partial charge is 0.306 e. The molecule has 0 saturated heterocycles. The molecule has 1 aliphatic carbocycles. The molecule has 6 nitrogen and oxygen atoms in total. The highest BCUT2D eigenvalue weighted by Gasteiger charge is 2.29. The number of halogens is 1. The van der Waals surface area contributed by atoms with Gasteiger partial charge in [-0.25, -0.2) is 0 Å². The van der Waals surface area contributed by atoms with Gasteiger partial charge in [0.2, 0.25) is 11.8 Å². The van der Waals surface area contributed by atoms with E-state index in [4.69, 9.17) is 5.11 Å². The van der Waals surface area contributed by atoms with Crippen molar-refractivity contribution in [1.82, 2.24) is 5.32 Å². The van der Waals surface area contributed by atoms with Crippen LogP contribution in [0.1, 0.15) is 31.2 Å². The SMILES string of the molecule is Cc1cc(NC(=O)CNC(=O)C2CCC(C(=O)O)CC2)ccc1Br. The van der Waals surface area contributed by atoms with E-state index in [1.54, 1.807) is 6.07 Å². The molecular weight excluding hydrogens is 376 g/mol. The number of carboxylic acid groups (broad SMARTS) is 1. The van der Waals surface area contributed by atoms with Crippen molar-refractivity contribution in [3.63, 3.8) is 0 Å². The number of rotatable bonds is 5. The summed E-state index contributed by atoms with van der Waals surface area (Å²) in [6.45, 7) is 1.84. The van der Waals surface area contributed by atoms with Crippen LogP contribution in [0.2, 0.25) is 0 Å². The van der Waals surface area contributed by atoms with Crippen LogP contribution in [0, 0.1) is 18.8 Å². The van der Waals surface area contributed by atoms with Crippen molar-refractivity contribution in [2.75, 3.05) is 11.9 Å². The van der Waals surface area contributed by atoms with Crippen molar-refractivity contribution in [2.45, 2.75) is 32.6 Å². The zero-order valence-electron chi connectivity index (χ0n) is 13.5. The summed E-state index contributed by atoms with van der Waals surface area (Å²) in [5.74, 6) is -1.82. The minimum atomic E-state index is -0.793. The lowest BCUT2D eigenvalue weighted by Crippen LogP contribution is -2.38. The Labute approximate surface area is 149 Å². The molecule has 0 heterocycles. The zero-order valence-corrected chi connectivity index (χ0v) is 15.1. The van der Waals surface area contributed by atoms with Crippen LogP contribution in [0.5, 0.6) is 0 Å². The first kappa shape index (κ1) is 18.4. The molecule has 130 valence electrons. The van der Waals surface area contributed by atoms with Gasteiger partial charge in [-0.05, 0) is 56.4 Å². The summed E-state index contributed by atoms with van der Waals surface area (Å²) >= 11 is 3.40. The summed E-state index contributed by atoms with van der Waals surface area (Å²) < 4.78 is 0.964. The number of hydrogen-bond donors (Lipinski definition) is 3. The van der Waals surface area contributed by atoms with Gasteiger partial charge >= 0.3 is 5.97 Å². The Bertz CT molecular complexity index is 639. The predicted molar refractivity (Wildman–Crippen MR) is 93.6 cm³/mol. The van der Waals surface area contributed by atoms with E-state index < -0.39 is 5.97 Å². The van der Waals surface area contributed by atoms with Gasteiger partial charge in [-0.2, -0.15) is 0 Å². The highest BCUT2D eigenvalue weighted by atomic mass is 79.9. The number of benzene rings is 1. The van der Waals surface area contributed by atoms with Crippen LogP contribution in [0.3, 0.4) is 0 Å². The van der Waals surface area contributed by atoms with Gasteiger partial charge in [0.15, 0.2) is 0 Å². The molecule has 2 amide bonds. The van der Waals surface area contributed by atoms with Crippen molar-refractivity contribution in [1.29, 1.82) is 0 Å². The molecule has 2 rings (SSSR count). The van der Waals surface area contributed by atoms with Gasteiger partial charge in [-0.3, -0.25) is 14.4 Å². The first-order valence-electron chi connectivity index (χ1n) is 7.93. The normalized spacial score (nSPS) is 20.2. The monoisotopic (exact) mass is 396 g/mol. The van der Waals surface area contributed by atoms with Gasteiger partial charge in [0.25, 0.3) is 0 Å². The highest BCUT2D eigenvalue weighted by Crippen LogP contribution is 2.29. The number of carbonyl (C=O) groups is 3. The van der Waals surface area contributed by atoms with Crippen molar-refractivity contribution in [3.05, 3.63) is 28.2 Å². The highest BCUT2D eigenvalue weighted by molar-refractivity contribution is 9.10. The molecular formula is C17H21BrN2O4. The number of aliphatic carboxylic acids is 1. The third kappa shape index (κ3) is 5.06. The van der Waals surface area contributed by atoms with Crippen LogP contribution < -0.4 is 10.6 Å². The topological polar surface area (TPSA) is 95.5 Å². The quantitative estimate of drug-likeness (QED) is 0.712. The summed E-state index contributed by atoms with van der Waals surface area (Å²) in [5.41, 5.74) is 1.68. The Kier molecular flexibility index (Phi) is 6.36. The summed E-state index contributed by atoms with van der Waals surface area (Å²) in [7, 11) is 0. The number of anilines is 1. The molecule has 0 radical (unpaired) electrons. The van der Waals surface area contributed by atoms with Crippen LogP contribution in [0.25, 0.3) is 0 Å². The molecule has 1 aromatic carbocycles. The van der Waals surface area contributed by atoms with Crippen molar-refractivity contribution >= 4 is 39.4 Å². The maximum Gasteiger partial charge on any atom is 0.306 e. The third-order valence-corrected chi connectivity index (χ3v) is 5.20. The molecule has 0 aliphatic heterocycles. The first-order chi connectivity index (χ1) is 11.4.